The van der Waals surface area contributed by atoms with Crippen molar-refractivity contribution < 1.29 is 9.53 Å². The molecule has 1 unspecified atom stereocenters. The molecule has 1 N–H and O–H groups in total. The van der Waals surface area contributed by atoms with Crippen LogP contribution in [0.5, 0.6) is 5.75 Å². The molecule has 0 spiro atoms. The molecule has 0 radical (unpaired) electrons. The van der Waals surface area contributed by atoms with Crippen LogP contribution in [0, 0.1) is 6.92 Å². The SMILES string of the molecule is CC(=O)N1CCOc2c(C(C)CCNc3cc(-c4ccc(C)nc4)ncn3)cccc21. The summed E-state index contributed by atoms with van der Waals surface area (Å²) in [5, 5.41) is 3.40. The first-order valence-electron chi connectivity index (χ1n) is 10.6. The zero-order chi connectivity index (χ0) is 21.8. The van der Waals surface area contributed by atoms with Gasteiger partial charge in [-0.15, -0.1) is 0 Å². The van der Waals surface area contributed by atoms with Crippen molar-refractivity contribution in [3.8, 4) is 17.0 Å². The van der Waals surface area contributed by atoms with Crippen molar-refractivity contribution in [2.24, 2.45) is 0 Å². The van der Waals surface area contributed by atoms with E-state index in [1.165, 1.54) is 0 Å². The summed E-state index contributed by atoms with van der Waals surface area (Å²) in [6, 6.07) is 12.0. The van der Waals surface area contributed by atoms with Crippen LogP contribution in [0.2, 0.25) is 0 Å². The number of ether oxygens (including phenoxy) is 1. The van der Waals surface area contributed by atoms with Crippen LogP contribution >= 0.6 is 0 Å². The first kappa shape index (κ1) is 20.8. The van der Waals surface area contributed by atoms with Gasteiger partial charge in [-0.3, -0.25) is 9.78 Å². The second-order valence-corrected chi connectivity index (χ2v) is 7.81. The number of anilines is 2. The molecule has 7 heteroatoms. The molecule has 1 aliphatic rings. The standard InChI is InChI=1S/C24H27N5O2/c1-16(20-5-4-6-22-24(20)31-12-11-29(22)18(3)30)9-10-25-23-13-21(27-15-28-23)19-8-7-17(2)26-14-19/h4-8,13-16H,9-12H2,1-3H3,(H,25,27,28). The van der Waals surface area contributed by atoms with Crippen molar-refractivity contribution in [1.29, 1.82) is 0 Å². The highest BCUT2D eigenvalue weighted by Crippen LogP contribution is 2.39. The van der Waals surface area contributed by atoms with Gasteiger partial charge in [0.1, 0.15) is 24.5 Å². The Hall–Kier alpha value is -3.48. The maximum atomic E-state index is 12.0. The lowest BCUT2D eigenvalue weighted by Gasteiger charge is -2.31. The average Bonchev–Trinajstić information content (AvgIpc) is 2.78. The van der Waals surface area contributed by atoms with E-state index in [1.54, 1.807) is 18.2 Å². The summed E-state index contributed by atoms with van der Waals surface area (Å²) in [7, 11) is 0. The highest BCUT2D eigenvalue weighted by Gasteiger charge is 2.25. The van der Waals surface area contributed by atoms with E-state index in [-0.39, 0.29) is 11.8 Å². The fourth-order valence-electron chi connectivity index (χ4n) is 3.79. The number of fused-ring (bicyclic) bond motifs is 1. The van der Waals surface area contributed by atoms with E-state index >= 15 is 0 Å². The largest absolute Gasteiger partial charge is 0.489 e. The highest BCUT2D eigenvalue weighted by molar-refractivity contribution is 5.94. The van der Waals surface area contributed by atoms with Crippen LogP contribution in [-0.4, -0.2) is 40.6 Å². The molecule has 1 aromatic carbocycles. The minimum Gasteiger partial charge on any atom is -0.489 e. The molecule has 3 aromatic rings. The number of nitrogens with zero attached hydrogens (tertiary/aromatic N) is 4. The number of amides is 1. The van der Waals surface area contributed by atoms with Gasteiger partial charge >= 0.3 is 0 Å². The number of carbonyl (C=O) groups excluding carboxylic acids is 1. The fraction of sp³-hybridized carbons (Fsp3) is 0.333. The average molecular weight is 418 g/mol. The minimum atomic E-state index is 0.0411. The van der Waals surface area contributed by atoms with Crippen LogP contribution in [0.3, 0.4) is 0 Å². The maximum absolute atomic E-state index is 12.0. The Morgan fingerprint density at radius 1 is 1.23 bits per heavy atom. The van der Waals surface area contributed by atoms with Gasteiger partial charge < -0.3 is 15.0 Å². The van der Waals surface area contributed by atoms with Crippen LogP contribution in [0.1, 0.15) is 37.4 Å². The zero-order valence-corrected chi connectivity index (χ0v) is 18.1. The molecule has 2 aromatic heterocycles. The van der Waals surface area contributed by atoms with Crippen LogP contribution in [-0.2, 0) is 4.79 Å². The van der Waals surface area contributed by atoms with Crippen molar-refractivity contribution in [1.82, 2.24) is 15.0 Å². The predicted molar refractivity (Wildman–Crippen MR) is 121 cm³/mol. The molecular weight excluding hydrogens is 390 g/mol. The van der Waals surface area contributed by atoms with Crippen LogP contribution < -0.4 is 15.0 Å². The Kier molecular flexibility index (Phi) is 6.11. The molecule has 0 aliphatic carbocycles. The minimum absolute atomic E-state index is 0.0411. The summed E-state index contributed by atoms with van der Waals surface area (Å²) in [4.78, 5) is 26.8. The van der Waals surface area contributed by atoms with Gasteiger partial charge in [0.25, 0.3) is 0 Å². The Morgan fingerprint density at radius 3 is 2.87 bits per heavy atom. The Morgan fingerprint density at radius 2 is 2.10 bits per heavy atom. The third kappa shape index (κ3) is 4.66. The predicted octanol–water partition coefficient (Wildman–Crippen LogP) is 4.20. The van der Waals surface area contributed by atoms with Gasteiger partial charge in [-0.1, -0.05) is 19.1 Å². The van der Waals surface area contributed by atoms with E-state index < -0.39 is 0 Å². The number of benzene rings is 1. The van der Waals surface area contributed by atoms with Crippen LogP contribution in [0.25, 0.3) is 11.3 Å². The molecule has 31 heavy (non-hydrogen) atoms. The molecular formula is C24H27N5O2. The number of aryl methyl sites for hydroxylation is 1. The molecule has 4 rings (SSSR count). The van der Waals surface area contributed by atoms with Crippen molar-refractivity contribution in [3.63, 3.8) is 0 Å². The summed E-state index contributed by atoms with van der Waals surface area (Å²) in [6.45, 7) is 7.60. The topological polar surface area (TPSA) is 80.2 Å². The summed E-state index contributed by atoms with van der Waals surface area (Å²) in [5.41, 5.74) is 4.77. The number of carbonyl (C=O) groups is 1. The zero-order valence-electron chi connectivity index (χ0n) is 18.1. The summed E-state index contributed by atoms with van der Waals surface area (Å²) in [5.74, 6) is 1.91. The van der Waals surface area contributed by atoms with E-state index in [0.717, 1.165) is 52.7 Å². The summed E-state index contributed by atoms with van der Waals surface area (Å²) < 4.78 is 5.95. The second kappa shape index (κ2) is 9.12. The maximum Gasteiger partial charge on any atom is 0.224 e. The lowest BCUT2D eigenvalue weighted by Crippen LogP contribution is -2.36. The first-order valence-corrected chi connectivity index (χ1v) is 10.6. The number of rotatable bonds is 6. The lowest BCUT2D eigenvalue weighted by molar-refractivity contribution is -0.116. The Bertz CT molecular complexity index is 1070. The molecule has 7 nitrogen and oxygen atoms in total. The van der Waals surface area contributed by atoms with Crippen LogP contribution in [0.4, 0.5) is 11.5 Å². The molecule has 1 amide bonds. The second-order valence-electron chi connectivity index (χ2n) is 7.81. The van der Waals surface area contributed by atoms with Gasteiger partial charge in [-0.25, -0.2) is 9.97 Å². The fourth-order valence-corrected chi connectivity index (χ4v) is 3.79. The first-order chi connectivity index (χ1) is 15.0. The third-order valence-corrected chi connectivity index (χ3v) is 5.55. The molecule has 0 saturated heterocycles. The van der Waals surface area contributed by atoms with E-state index in [2.05, 4.69) is 33.3 Å². The van der Waals surface area contributed by atoms with Gasteiger partial charge in [0.15, 0.2) is 0 Å². The number of pyridine rings is 1. The number of nitrogens with one attached hydrogen (secondary N) is 1. The molecule has 3 heterocycles. The monoisotopic (exact) mass is 417 g/mol. The molecule has 0 fully saturated rings. The number of hydrogen-bond acceptors (Lipinski definition) is 6. The lowest BCUT2D eigenvalue weighted by atomic mass is 9.95. The number of aromatic nitrogens is 3. The van der Waals surface area contributed by atoms with E-state index in [1.807, 2.05) is 43.5 Å². The quantitative estimate of drug-likeness (QED) is 0.648. The van der Waals surface area contributed by atoms with Crippen molar-refractivity contribution in [3.05, 3.63) is 60.2 Å². The summed E-state index contributed by atoms with van der Waals surface area (Å²) in [6.07, 6.45) is 4.29. The van der Waals surface area contributed by atoms with Gasteiger partial charge in [-0.2, -0.15) is 0 Å². The van der Waals surface area contributed by atoms with Crippen molar-refractivity contribution >= 4 is 17.4 Å². The Balaban J connectivity index is 1.42. The highest BCUT2D eigenvalue weighted by atomic mass is 16.5. The molecule has 1 atom stereocenters. The molecule has 0 saturated carbocycles. The van der Waals surface area contributed by atoms with Gasteiger partial charge in [0.2, 0.25) is 5.91 Å². The Labute approximate surface area is 182 Å². The van der Waals surface area contributed by atoms with Gasteiger partial charge in [0, 0.05) is 37.0 Å². The normalized spacial score (nSPS) is 13.8. The number of para-hydroxylation sites is 1. The van der Waals surface area contributed by atoms with E-state index in [9.17, 15) is 4.79 Å². The smallest absolute Gasteiger partial charge is 0.224 e. The molecule has 1 aliphatic heterocycles. The van der Waals surface area contributed by atoms with Gasteiger partial charge in [0.05, 0.1) is 17.9 Å². The molecule has 0 bridgehead atoms. The third-order valence-electron chi connectivity index (χ3n) is 5.55. The van der Waals surface area contributed by atoms with E-state index in [0.29, 0.717) is 13.2 Å². The van der Waals surface area contributed by atoms with Gasteiger partial charge in [-0.05, 0) is 43.0 Å². The van der Waals surface area contributed by atoms with Crippen molar-refractivity contribution in [2.45, 2.75) is 33.1 Å². The van der Waals surface area contributed by atoms with E-state index in [4.69, 9.17) is 4.74 Å². The van der Waals surface area contributed by atoms with Crippen LogP contribution in [0.15, 0.2) is 48.9 Å². The van der Waals surface area contributed by atoms with Crippen molar-refractivity contribution in [2.75, 3.05) is 29.9 Å². The number of hydrogen-bond donors (Lipinski definition) is 1. The summed E-state index contributed by atoms with van der Waals surface area (Å²) >= 11 is 0. The molecule has 160 valence electrons.